The topological polar surface area (TPSA) is 73.4 Å². The van der Waals surface area contributed by atoms with Gasteiger partial charge in [-0.1, -0.05) is 0 Å². The third-order valence-corrected chi connectivity index (χ3v) is 3.81. The number of aromatic nitrogens is 2. The summed E-state index contributed by atoms with van der Waals surface area (Å²) in [6.07, 6.45) is 4.85. The summed E-state index contributed by atoms with van der Waals surface area (Å²) >= 11 is 0. The van der Waals surface area contributed by atoms with Crippen molar-refractivity contribution in [1.29, 1.82) is 0 Å². The Morgan fingerprint density at radius 3 is 2.56 bits per heavy atom. The standard InChI is InChI=1S/C11H16N4O3/c16-15(17)10-5-12-14(6-10)9-1-3-13(4-2-9)11-7-18-8-11/h5-6,9,11H,1-4,7-8H2. The molecule has 0 bridgehead atoms. The van der Waals surface area contributed by atoms with E-state index in [9.17, 15) is 10.1 Å². The highest BCUT2D eigenvalue weighted by Crippen LogP contribution is 2.26. The van der Waals surface area contributed by atoms with Crippen molar-refractivity contribution < 1.29 is 9.66 Å². The van der Waals surface area contributed by atoms with Crippen LogP contribution in [0, 0.1) is 10.1 Å². The van der Waals surface area contributed by atoms with Gasteiger partial charge < -0.3 is 4.74 Å². The Morgan fingerprint density at radius 2 is 2.06 bits per heavy atom. The summed E-state index contributed by atoms with van der Waals surface area (Å²) in [4.78, 5) is 12.7. The molecular formula is C11H16N4O3. The highest BCUT2D eigenvalue weighted by atomic mass is 16.6. The highest BCUT2D eigenvalue weighted by molar-refractivity contribution is 5.21. The van der Waals surface area contributed by atoms with Crippen molar-refractivity contribution in [1.82, 2.24) is 14.7 Å². The lowest BCUT2D eigenvalue weighted by molar-refractivity contribution is -0.385. The normalized spacial score (nSPS) is 22.9. The van der Waals surface area contributed by atoms with Gasteiger partial charge in [0, 0.05) is 13.1 Å². The first-order chi connectivity index (χ1) is 8.74. The van der Waals surface area contributed by atoms with Gasteiger partial charge in [-0.25, -0.2) is 0 Å². The number of hydrogen-bond acceptors (Lipinski definition) is 5. The maximum Gasteiger partial charge on any atom is 0.307 e. The zero-order valence-corrected chi connectivity index (χ0v) is 10.1. The molecule has 1 aromatic heterocycles. The van der Waals surface area contributed by atoms with Crippen LogP contribution in [-0.4, -0.2) is 51.9 Å². The molecule has 0 spiro atoms. The molecule has 0 aliphatic carbocycles. The average molecular weight is 252 g/mol. The fourth-order valence-electron chi connectivity index (χ4n) is 2.57. The Hall–Kier alpha value is -1.47. The summed E-state index contributed by atoms with van der Waals surface area (Å²) < 4.78 is 6.94. The molecule has 0 saturated carbocycles. The zero-order chi connectivity index (χ0) is 12.5. The third kappa shape index (κ3) is 2.11. The van der Waals surface area contributed by atoms with Gasteiger partial charge in [-0.2, -0.15) is 5.10 Å². The minimum absolute atomic E-state index is 0.0739. The molecule has 2 fully saturated rings. The van der Waals surface area contributed by atoms with Crippen molar-refractivity contribution in [3.8, 4) is 0 Å². The van der Waals surface area contributed by atoms with E-state index in [0.29, 0.717) is 6.04 Å². The Balaban J connectivity index is 1.59. The van der Waals surface area contributed by atoms with Crippen LogP contribution in [0.15, 0.2) is 12.4 Å². The van der Waals surface area contributed by atoms with E-state index in [-0.39, 0.29) is 11.7 Å². The van der Waals surface area contributed by atoms with Gasteiger partial charge in [0.15, 0.2) is 0 Å². The van der Waals surface area contributed by atoms with Crippen LogP contribution >= 0.6 is 0 Å². The first-order valence-corrected chi connectivity index (χ1v) is 6.24. The van der Waals surface area contributed by atoms with Gasteiger partial charge in [0.25, 0.3) is 0 Å². The van der Waals surface area contributed by atoms with Gasteiger partial charge in [0.1, 0.15) is 12.4 Å². The molecule has 0 aromatic carbocycles. The molecule has 0 atom stereocenters. The van der Waals surface area contributed by atoms with Gasteiger partial charge in [0.05, 0.1) is 30.2 Å². The molecule has 7 heteroatoms. The monoisotopic (exact) mass is 252 g/mol. The summed E-state index contributed by atoms with van der Waals surface area (Å²) in [6.45, 7) is 3.73. The van der Waals surface area contributed by atoms with E-state index in [2.05, 4.69) is 10.00 Å². The van der Waals surface area contributed by atoms with Crippen molar-refractivity contribution in [3.05, 3.63) is 22.5 Å². The molecule has 18 heavy (non-hydrogen) atoms. The number of nitro groups is 1. The van der Waals surface area contributed by atoms with Crippen LogP contribution in [-0.2, 0) is 4.74 Å². The van der Waals surface area contributed by atoms with Gasteiger partial charge in [-0.3, -0.25) is 19.7 Å². The second kappa shape index (κ2) is 4.66. The lowest BCUT2D eigenvalue weighted by atomic mass is 10.0. The number of likely N-dealkylation sites (tertiary alicyclic amines) is 1. The zero-order valence-electron chi connectivity index (χ0n) is 10.1. The summed E-state index contributed by atoms with van der Waals surface area (Å²) in [5.74, 6) is 0. The largest absolute Gasteiger partial charge is 0.378 e. The van der Waals surface area contributed by atoms with Crippen molar-refractivity contribution >= 4 is 5.69 Å². The van der Waals surface area contributed by atoms with E-state index >= 15 is 0 Å². The molecule has 0 amide bonds. The molecule has 98 valence electrons. The molecule has 2 aliphatic heterocycles. The van der Waals surface area contributed by atoms with Crippen molar-refractivity contribution in [2.75, 3.05) is 26.3 Å². The molecule has 2 saturated heterocycles. The van der Waals surface area contributed by atoms with Crippen LogP contribution in [0.2, 0.25) is 0 Å². The predicted molar refractivity (Wildman–Crippen MR) is 63.3 cm³/mol. The smallest absolute Gasteiger partial charge is 0.307 e. The molecule has 3 rings (SSSR count). The second-order valence-electron chi connectivity index (χ2n) is 4.89. The molecule has 0 radical (unpaired) electrons. The van der Waals surface area contributed by atoms with E-state index in [1.165, 1.54) is 12.4 Å². The highest BCUT2D eigenvalue weighted by Gasteiger charge is 2.30. The molecule has 7 nitrogen and oxygen atoms in total. The summed E-state index contributed by atoms with van der Waals surface area (Å²) in [5.41, 5.74) is 0.0739. The van der Waals surface area contributed by atoms with Crippen LogP contribution in [0.5, 0.6) is 0 Å². The molecule has 1 aromatic rings. The van der Waals surface area contributed by atoms with Gasteiger partial charge in [-0.05, 0) is 12.8 Å². The first-order valence-electron chi connectivity index (χ1n) is 6.24. The summed E-state index contributed by atoms with van der Waals surface area (Å²) in [5, 5.41) is 14.7. The number of piperidine rings is 1. The minimum Gasteiger partial charge on any atom is -0.378 e. The molecular weight excluding hydrogens is 236 g/mol. The van der Waals surface area contributed by atoms with Crippen LogP contribution in [0.1, 0.15) is 18.9 Å². The lowest BCUT2D eigenvalue weighted by Crippen LogP contribution is -2.51. The summed E-state index contributed by atoms with van der Waals surface area (Å²) in [7, 11) is 0. The Bertz CT molecular complexity index is 435. The Labute approximate surface area is 104 Å². The summed E-state index contributed by atoms with van der Waals surface area (Å²) in [6, 6.07) is 0.869. The average Bonchev–Trinajstić information content (AvgIpc) is 2.77. The van der Waals surface area contributed by atoms with E-state index < -0.39 is 4.92 Å². The van der Waals surface area contributed by atoms with Crippen LogP contribution in [0.25, 0.3) is 0 Å². The maximum absolute atomic E-state index is 10.6. The van der Waals surface area contributed by atoms with E-state index in [1.54, 1.807) is 4.68 Å². The molecule has 3 heterocycles. The maximum atomic E-state index is 10.6. The van der Waals surface area contributed by atoms with Gasteiger partial charge >= 0.3 is 5.69 Å². The first kappa shape index (κ1) is 11.6. The van der Waals surface area contributed by atoms with Gasteiger partial charge in [0.2, 0.25) is 0 Å². The predicted octanol–water partition coefficient (Wildman–Crippen LogP) is 0.827. The van der Waals surface area contributed by atoms with Crippen molar-refractivity contribution in [3.63, 3.8) is 0 Å². The number of ether oxygens (including phenoxy) is 1. The quantitative estimate of drug-likeness (QED) is 0.588. The third-order valence-electron chi connectivity index (χ3n) is 3.81. The van der Waals surface area contributed by atoms with E-state index in [4.69, 9.17) is 4.74 Å². The van der Waals surface area contributed by atoms with Crippen molar-refractivity contribution in [2.24, 2.45) is 0 Å². The van der Waals surface area contributed by atoms with Crippen LogP contribution < -0.4 is 0 Å². The number of hydrogen-bond donors (Lipinski definition) is 0. The number of rotatable bonds is 3. The SMILES string of the molecule is O=[N+]([O-])c1cnn(C2CCN(C3COC3)CC2)c1. The van der Waals surface area contributed by atoms with E-state index in [0.717, 1.165) is 39.1 Å². The second-order valence-corrected chi connectivity index (χ2v) is 4.89. The Kier molecular flexibility index (Phi) is 3.00. The molecule has 2 aliphatic rings. The fraction of sp³-hybridized carbons (Fsp3) is 0.727. The van der Waals surface area contributed by atoms with Gasteiger partial charge in [-0.15, -0.1) is 0 Å². The molecule has 0 N–H and O–H groups in total. The minimum atomic E-state index is -0.398. The van der Waals surface area contributed by atoms with Crippen LogP contribution in [0.4, 0.5) is 5.69 Å². The van der Waals surface area contributed by atoms with Crippen LogP contribution in [0.3, 0.4) is 0 Å². The number of nitrogens with zero attached hydrogens (tertiary/aromatic N) is 4. The fourth-order valence-corrected chi connectivity index (χ4v) is 2.57. The molecule has 0 unspecified atom stereocenters. The van der Waals surface area contributed by atoms with Crippen molar-refractivity contribution in [2.45, 2.75) is 24.9 Å². The van der Waals surface area contributed by atoms with E-state index in [1.807, 2.05) is 0 Å². The lowest BCUT2D eigenvalue weighted by Gasteiger charge is -2.41. The Morgan fingerprint density at radius 1 is 1.33 bits per heavy atom.